The molecule has 4 nitrogen and oxygen atoms in total. The third kappa shape index (κ3) is 5.31. The summed E-state index contributed by atoms with van der Waals surface area (Å²) in [5.74, 6) is -2.28. The number of allylic oxidation sites excluding steroid dienone is 1. The van der Waals surface area contributed by atoms with Crippen LogP contribution in [0.15, 0.2) is 36.5 Å². The number of hydrogen-bond acceptors (Lipinski definition) is 4. The molecule has 24 heavy (non-hydrogen) atoms. The molecule has 1 N–H and O–H groups in total. The molecule has 0 bridgehead atoms. The first-order chi connectivity index (χ1) is 11.4. The van der Waals surface area contributed by atoms with Crippen molar-refractivity contribution in [3.8, 4) is 0 Å². The minimum Gasteiger partial charge on any atom is -0.389 e. The van der Waals surface area contributed by atoms with Crippen LogP contribution in [0, 0.1) is 5.82 Å². The van der Waals surface area contributed by atoms with Crippen LogP contribution >= 0.6 is 0 Å². The highest BCUT2D eigenvalue weighted by Crippen LogP contribution is 2.22. The Balaban J connectivity index is 2.02. The molecule has 1 aromatic carbocycles. The Labute approximate surface area is 137 Å². The van der Waals surface area contributed by atoms with E-state index in [1.54, 1.807) is 12.1 Å². The van der Waals surface area contributed by atoms with Gasteiger partial charge in [-0.3, -0.25) is 9.69 Å². The lowest BCUT2D eigenvalue weighted by Gasteiger charge is -2.34. The number of halogens is 4. The van der Waals surface area contributed by atoms with Crippen molar-refractivity contribution in [3.63, 3.8) is 0 Å². The van der Waals surface area contributed by atoms with Crippen molar-refractivity contribution >= 4 is 5.78 Å². The molecule has 0 radical (unpaired) electrons. The average molecular weight is 346 g/mol. The number of carbonyl (C=O) groups excluding carboxylic acids is 1. The van der Waals surface area contributed by atoms with E-state index in [4.69, 9.17) is 4.74 Å². The van der Waals surface area contributed by atoms with Gasteiger partial charge in [-0.25, -0.2) is 4.39 Å². The van der Waals surface area contributed by atoms with Crippen molar-refractivity contribution in [1.29, 1.82) is 0 Å². The third-order valence-corrected chi connectivity index (χ3v) is 3.68. The van der Waals surface area contributed by atoms with Gasteiger partial charge in [0.25, 0.3) is 5.78 Å². The fourth-order valence-corrected chi connectivity index (χ4v) is 2.44. The van der Waals surface area contributed by atoms with Gasteiger partial charge in [-0.1, -0.05) is 12.1 Å². The van der Waals surface area contributed by atoms with Crippen molar-refractivity contribution in [2.75, 3.05) is 32.8 Å². The number of morpholine rings is 1. The zero-order chi connectivity index (χ0) is 17.6. The number of rotatable bonds is 6. The van der Waals surface area contributed by atoms with Gasteiger partial charge in [-0.15, -0.1) is 0 Å². The minimum atomic E-state index is -4.88. The van der Waals surface area contributed by atoms with Gasteiger partial charge in [0.1, 0.15) is 5.82 Å². The molecule has 0 spiro atoms. The maximum atomic E-state index is 13.1. The van der Waals surface area contributed by atoms with Gasteiger partial charge in [0.15, 0.2) is 0 Å². The standard InChI is InChI=1S/C16H18F4N2O2/c17-13-3-1-12(2-4-13)14(22-7-9-24-10-8-22)11-21-6-5-15(23)16(18,19)20/h1-6,14,21H,7-11H2/b6-5+/t14-/m0/s1. The zero-order valence-corrected chi connectivity index (χ0v) is 12.9. The first kappa shape index (κ1) is 18.4. The van der Waals surface area contributed by atoms with Crippen LogP contribution in [0.4, 0.5) is 17.6 Å². The quantitative estimate of drug-likeness (QED) is 0.635. The van der Waals surface area contributed by atoms with Crippen molar-refractivity contribution in [2.45, 2.75) is 12.2 Å². The third-order valence-electron chi connectivity index (χ3n) is 3.68. The number of ketones is 1. The lowest BCUT2D eigenvalue weighted by Crippen LogP contribution is -2.42. The Morgan fingerprint density at radius 2 is 1.88 bits per heavy atom. The molecular weight excluding hydrogens is 328 g/mol. The molecule has 0 unspecified atom stereocenters. The van der Waals surface area contributed by atoms with E-state index in [0.29, 0.717) is 32.4 Å². The van der Waals surface area contributed by atoms with E-state index in [9.17, 15) is 22.4 Å². The van der Waals surface area contributed by atoms with E-state index in [-0.39, 0.29) is 18.4 Å². The lowest BCUT2D eigenvalue weighted by atomic mass is 10.0. The maximum Gasteiger partial charge on any atom is 0.454 e. The molecule has 0 aromatic heterocycles. The smallest absolute Gasteiger partial charge is 0.389 e. The molecule has 8 heteroatoms. The minimum absolute atomic E-state index is 0.167. The Morgan fingerprint density at radius 1 is 1.25 bits per heavy atom. The van der Waals surface area contributed by atoms with E-state index in [2.05, 4.69) is 10.2 Å². The van der Waals surface area contributed by atoms with Crippen LogP contribution in [-0.2, 0) is 9.53 Å². The van der Waals surface area contributed by atoms with E-state index in [0.717, 1.165) is 11.8 Å². The summed E-state index contributed by atoms with van der Waals surface area (Å²) in [4.78, 5) is 12.9. The lowest BCUT2D eigenvalue weighted by molar-refractivity contribution is -0.165. The number of nitrogens with one attached hydrogen (secondary N) is 1. The van der Waals surface area contributed by atoms with Crippen molar-refractivity contribution in [2.24, 2.45) is 0 Å². The van der Waals surface area contributed by atoms with Gasteiger partial charge < -0.3 is 10.1 Å². The fraction of sp³-hybridized carbons (Fsp3) is 0.438. The van der Waals surface area contributed by atoms with Crippen LogP contribution in [0.25, 0.3) is 0 Å². The normalized spacial score (nSPS) is 17.8. The molecule has 0 aliphatic carbocycles. The summed E-state index contributed by atoms with van der Waals surface area (Å²) in [6.45, 7) is 2.72. The Kier molecular flexibility index (Phi) is 6.33. The van der Waals surface area contributed by atoms with Crippen LogP contribution in [0.1, 0.15) is 11.6 Å². The van der Waals surface area contributed by atoms with Crippen LogP contribution in [0.5, 0.6) is 0 Å². The van der Waals surface area contributed by atoms with Gasteiger partial charge in [-0.05, 0) is 17.7 Å². The molecule has 1 saturated heterocycles. The predicted molar refractivity (Wildman–Crippen MR) is 79.7 cm³/mol. The summed E-state index contributed by atoms with van der Waals surface area (Å²) >= 11 is 0. The second-order valence-electron chi connectivity index (χ2n) is 5.32. The summed E-state index contributed by atoms with van der Waals surface area (Å²) < 4.78 is 54.8. The molecule has 132 valence electrons. The summed E-state index contributed by atoms with van der Waals surface area (Å²) in [6.07, 6.45) is -3.42. The van der Waals surface area contributed by atoms with Crippen molar-refractivity contribution < 1.29 is 27.1 Å². The number of hydrogen-bond donors (Lipinski definition) is 1. The highest BCUT2D eigenvalue weighted by molar-refractivity contribution is 5.94. The first-order valence-electron chi connectivity index (χ1n) is 7.46. The number of alkyl halides is 3. The molecule has 1 heterocycles. The maximum absolute atomic E-state index is 13.1. The Bertz CT molecular complexity index is 566. The zero-order valence-electron chi connectivity index (χ0n) is 12.9. The second-order valence-corrected chi connectivity index (χ2v) is 5.32. The molecule has 1 aliphatic rings. The number of benzene rings is 1. The fourth-order valence-electron chi connectivity index (χ4n) is 2.44. The molecule has 1 aliphatic heterocycles. The van der Waals surface area contributed by atoms with Crippen LogP contribution in [0.2, 0.25) is 0 Å². The first-order valence-corrected chi connectivity index (χ1v) is 7.46. The molecule has 1 atom stereocenters. The summed E-state index contributed by atoms with van der Waals surface area (Å²) in [6, 6.07) is 5.79. The molecule has 2 rings (SSSR count). The van der Waals surface area contributed by atoms with Gasteiger partial charge in [0, 0.05) is 31.9 Å². The van der Waals surface area contributed by atoms with Gasteiger partial charge in [-0.2, -0.15) is 13.2 Å². The summed E-state index contributed by atoms with van der Waals surface area (Å²) in [7, 11) is 0. The number of carbonyl (C=O) groups is 1. The second kappa shape index (κ2) is 8.25. The van der Waals surface area contributed by atoms with Gasteiger partial charge in [0.05, 0.1) is 19.3 Å². The monoisotopic (exact) mass is 346 g/mol. The Morgan fingerprint density at radius 3 is 2.46 bits per heavy atom. The molecular formula is C16H18F4N2O2. The SMILES string of the molecule is O=C(/C=C/NC[C@@H](c1ccc(F)cc1)N1CCOCC1)C(F)(F)F. The van der Waals surface area contributed by atoms with E-state index >= 15 is 0 Å². The summed E-state index contributed by atoms with van der Waals surface area (Å²) in [5, 5.41) is 2.72. The molecule has 0 saturated carbocycles. The summed E-state index contributed by atoms with van der Waals surface area (Å²) in [5.41, 5.74) is 0.835. The average Bonchev–Trinajstić information content (AvgIpc) is 2.56. The number of nitrogens with zero attached hydrogens (tertiary/aromatic N) is 1. The predicted octanol–water partition coefficient (Wildman–Crippen LogP) is 2.43. The van der Waals surface area contributed by atoms with E-state index < -0.39 is 12.0 Å². The number of ether oxygens (including phenoxy) is 1. The van der Waals surface area contributed by atoms with Crippen molar-refractivity contribution in [1.82, 2.24) is 10.2 Å². The van der Waals surface area contributed by atoms with E-state index in [1.807, 2.05) is 0 Å². The highest BCUT2D eigenvalue weighted by Gasteiger charge is 2.36. The van der Waals surface area contributed by atoms with Crippen LogP contribution in [0.3, 0.4) is 0 Å². The molecule has 1 aromatic rings. The Hall–Kier alpha value is -1.93. The van der Waals surface area contributed by atoms with Gasteiger partial charge in [0.2, 0.25) is 0 Å². The van der Waals surface area contributed by atoms with Crippen LogP contribution < -0.4 is 5.32 Å². The van der Waals surface area contributed by atoms with Crippen molar-refractivity contribution in [3.05, 3.63) is 47.9 Å². The molecule has 1 fully saturated rings. The van der Waals surface area contributed by atoms with E-state index in [1.165, 1.54) is 12.1 Å². The van der Waals surface area contributed by atoms with Crippen LogP contribution in [-0.4, -0.2) is 49.7 Å². The topological polar surface area (TPSA) is 41.6 Å². The largest absolute Gasteiger partial charge is 0.454 e. The highest BCUT2D eigenvalue weighted by atomic mass is 19.4. The molecule has 0 amide bonds. The van der Waals surface area contributed by atoms with Gasteiger partial charge >= 0.3 is 6.18 Å².